The molecule has 1 saturated heterocycles. The molecule has 0 spiro atoms. The molecule has 1 aliphatic heterocycles. The molecule has 0 radical (unpaired) electrons. The summed E-state index contributed by atoms with van der Waals surface area (Å²) in [5.41, 5.74) is 0.289. The maximum Gasteiger partial charge on any atom is 0.410 e. The Labute approximate surface area is 142 Å². The van der Waals surface area contributed by atoms with Crippen molar-refractivity contribution < 1.29 is 14.3 Å². The SMILES string of the molecule is CC(C)(C)OC(=O)N1CCCC(COCc2ccnc(Cl)n2)C1. The first-order valence-corrected chi connectivity index (χ1v) is 8.24. The van der Waals surface area contributed by atoms with Gasteiger partial charge in [0.15, 0.2) is 0 Å². The van der Waals surface area contributed by atoms with E-state index in [0.717, 1.165) is 25.1 Å². The number of rotatable bonds is 4. The second-order valence-corrected chi connectivity index (χ2v) is 7.10. The van der Waals surface area contributed by atoms with Gasteiger partial charge in [-0.2, -0.15) is 0 Å². The molecule has 2 rings (SSSR count). The van der Waals surface area contributed by atoms with E-state index in [1.807, 2.05) is 20.8 Å². The Morgan fingerprint density at radius 1 is 1.48 bits per heavy atom. The molecular weight excluding hydrogens is 318 g/mol. The van der Waals surface area contributed by atoms with Gasteiger partial charge in [-0.3, -0.25) is 0 Å². The van der Waals surface area contributed by atoms with Crippen LogP contribution in [-0.2, 0) is 16.1 Å². The number of likely N-dealkylation sites (tertiary alicyclic amines) is 1. The molecule has 0 saturated carbocycles. The molecule has 1 aliphatic rings. The van der Waals surface area contributed by atoms with E-state index in [0.29, 0.717) is 25.7 Å². The smallest absolute Gasteiger partial charge is 0.410 e. The number of ether oxygens (including phenoxy) is 2. The maximum absolute atomic E-state index is 12.1. The van der Waals surface area contributed by atoms with E-state index in [1.54, 1.807) is 17.2 Å². The number of hydrogen-bond donors (Lipinski definition) is 0. The molecular formula is C16H24ClN3O3. The summed E-state index contributed by atoms with van der Waals surface area (Å²) in [6.07, 6.45) is 3.37. The van der Waals surface area contributed by atoms with E-state index in [-0.39, 0.29) is 11.4 Å². The van der Waals surface area contributed by atoms with Crippen molar-refractivity contribution in [2.24, 2.45) is 5.92 Å². The van der Waals surface area contributed by atoms with Gasteiger partial charge in [0, 0.05) is 25.2 Å². The molecule has 1 fully saturated rings. The van der Waals surface area contributed by atoms with Gasteiger partial charge in [0.05, 0.1) is 18.9 Å². The number of aromatic nitrogens is 2. The Kier molecular flexibility index (Phi) is 6.18. The van der Waals surface area contributed by atoms with E-state index in [4.69, 9.17) is 21.1 Å². The third-order valence-corrected chi connectivity index (χ3v) is 3.64. The Bertz CT molecular complexity index is 534. The molecule has 0 aromatic carbocycles. The van der Waals surface area contributed by atoms with Gasteiger partial charge in [0.25, 0.3) is 0 Å². The van der Waals surface area contributed by atoms with Gasteiger partial charge in [0.1, 0.15) is 5.60 Å². The van der Waals surface area contributed by atoms with E-state index in [1.165, 1.54) is 0 Å². The average Bonchev–Trinajstić information content (AvgIpc) is 2.46. The van der Waals surface area contributed by atoms with Crippen LogP contribution < -0.4 is 0 Å². The summed E-state index contributed by atoms with van der Waals surface area (Å²) >= 11 is 5.74. The van der Waals surface area contributed by atoms with Crippen molar-refractivity contribution in [2.45, 2.75) is 45.8 Å². The highest BCUT2D eigenvalue weighted by Crippen LogP contribution is 2.20. The minimum absolute atomic E-state index is 0.222. The van der Waals surface area contributed by atoms with Crippen molar-refractivity contribution in [1.82, 2.24) is 14.9 Å². The molecule has 2 heterocycles. The van der Waals surface area contributed by atoms with Crippen LogP contribution in [0.25, 0.3) is 0 Å². The minimum atomic E-state index is -0.465. The topological polar surface area (TPSA) is 64.5 Å². The Hall–Kier alpha value is -1.40. The average molecular weight is 342 g/mol. The van der Waals surface area contributed by atoms with E-state index in [2.05, 4.69) is 9.97 Å². The maximum atomic E-state index is 12.1. The van der Waals surface area contributed by atoms with Crippen LogP contribution in [0.15, 0.2) is 12.3 Å². The zero-order chi connectivity index (χ0) is 16.9. The second-order valence-electron chi connectivity index (χ2n) is 6.77. The first kappa shape index (κ1) is 17.9. The monoisotopic (exact) mass is 341 g/mol. The van der Waals surface area contributed by atoms with Gasteiger partial charge in [-0.25, -0.2) is 14.8 Å². The fraction of sp³-hybridized carbons (Fsp3) is 0.688. The summed E-state index contributed by atoms with van der Waals surface area (Å²) in [5, 5.41) is 0.222. The van der Waals surface area contributed by atoms with Crippen molar-refractivity contribution in [3.8, 4) is 0 Å². The van der Waals surface area contributed by atoms with Gasteiger partial charge >= 0.3 is 6.09 Å². The summed E-state index contributed by atoms with van der Waals surface area (Å²) in [6, 6.07) is 1.78. The third kappa shape index (κ3) is 6.31. The molecule has 0 N–H and O–H groups in total. The lowest BCUT2D eigenvalue weighted by Gasteiger charge is -2.34. The van der Waals surface area contributed by atoms with Crippen LogP contribution in [-0.4, -0.2) is 46.3 Å². The van der Waals surface area contributed by atoms with Crippen molar-refractivity contribution in [2.75, 3.05) is 19.7 Å². The standard InChI is InChI=1S/C16H24ClN3O3/c1-16(2,3)23-15(21)20-8-4-5-12(9-20)10-22-11-13-6-7-18-14(17)19-13/h6-7,12H,4-5,8-11H2,1-3H3. The largest absolute Gasteiger partial charge is 0.444 e. The van der Waals surface area contributed by atoms with Crippen molar-refractivity contribution in [3.63, 3.8) is 0 Å². The summed E-state index contributed by atoms with van der Waals surface area (Å²) in [7, 11) is 0. The number of carbonyl (C=O) groups is 1. The van der Waals surface area contributed by atoms with Crippen molar-refractivity contribution in [3.05, 3.63) is 23.2 Å². The molecule has 7 heteroatoms. The number of nitrogens with zero attached hydrogens (tertiary/aromatic N) is 3. The molecule has 6 nitrogen and oxygen atoms in total. The Balaban J connectivity index is 1.76. The van der Waals surface area contributed by atoms with Crippen LogP contribution in [0.2, 0.25) is 5.28 Å². The van der Waals surface area contributed by atoms with E-state index in [9.17, 15) is 4.79 Å². The second kappa shape index (κ2) is 7.93. The predicted molar refractivity (Wildman–Crippen MR) is 87.2 cm³/mol. The van der Waals surface area contributed by atoms with Gasteiger partial charge in [-0.05, 0) is 51.3 Å². The van der Waals surface area contributed by atoms with E-state index < -0.39 is 5.60 Å². The molecule has 1 aromatic rings. The lowest BCUT2D eigenvalue weighted by molar-refractivity contribution is 0.00567. The normalized spacial score (nSPS) is 18.8. The van der Waals surface area contributed by atoms with Gasteiger partial charge in [-0.15, -0.1) is 0 Å². The number of halogens is 1. The first-order valence-electron chi connectivity index (χ1n) is 7.86. The molecule has 23 heavy (non-hydrogen) atoms. The van der Waals surface area contributed by atoms with E-state index >= 15 is 0 Å². The highest BCUT2D eigenvalue weighted by atomic mass is 35.5. The van der Waals surface area contributed by atoms with Crippen LogP contribution in [0, 0.1) is 5.92 Å². The number of piperidine rings is 1. The first-order chi connectivity index (χ1) is 10.8. The van der Waals surface area contributed by atoms with Gasteiger partial charge in [-0.1, -0.05) is 0 Å². The highest BCUT2D eigenvalue weighted by molar-refractivity contribution is 6.28. The third-order valence-electron chi connectivity index (χ3n) is 3.46. The van der Waals surface area contributed by atoms with Crippen LogP contribution >= 0.6 is 11.6 Å². The highest BCUT2D eigenvalue weighted by Gasteiger charge is 2.27. The molecule has 1 aromatic heterocycles. The fourth-order valence-electron chi connectivity index (χ4n) is 2.47. The molecule has 1 amide bonds. The molecule has 128 valence electrons. The Morgan fingerprint density at radius 3 is 2.96 bits per heavy atom. The molecule has 0 bridgehead atoms. The lowest BCUT2D eigenvalue weighted by atomic mass is 9.99. The van der Waals surface area contributed by atoms with Crippen LogP contribution in [0.4, 0.5) is 4.79 Å². The molecule has 0 aliphatic carbocycles. The summed E-state index contributed by atoms with van der Waals surface area (Å²) in [6.45, 7) is 8.02. The number of carbonyl (C=O) groups excluding carboxylic acids is 1. The predicted octanol–water partition coefficient (Wildman–Crippen LogP) is 3.29. The summed E-state index contributed by atoms with van der Waals surface area (Å²) < 4.78 is 11.1. The van der Waals surface area contributed by atoms with Crippen molar-refractivity contribution in [1.29, 1.82) is 0 Å². The van der Waals surface area contributed by atoms with Gasteiger partial charge in [0.2, 0.25) is 5.28 Å². The minimum Gasteiger partial charge on any atom is -0.444 e. The van der Waals surface area contributed by atoms with Crippen LogP contribution in [0.3, 0.4) is 0 Å². The molecule has 1 unspecified atom stereocenters. The van der Waals surface area contributed by atoms with Crippen LogP contribution in [0.5, 0.6) is 0 Å². The quantitative estimate of drug-likeness (QED) is 0.786. The Morgan fingerprint density at radius 2 is 2.26 bits per heavy atom. The zero-order valence-corrected chi connectivity index (χ0v) is 14.7. The zero-order valence-electron chi connectivity index (χ0n) is 13.9. The fourth-order valence-corrected chi connectivity index (χ4v) is 2.64. The summed E-state index contributed by atoms with van der Waals surface area (Å²) in [4.78, 5) is 21.8. The van der Waals surface area contributed by atoms with Gasteiger partial charge < -0.3 is 14.4 Å². The number of hydrogen-bond acceptors (Lipinski definition) is 5. The van der Waals surface area contributed by atoms with Crippen molar-refractivity contribution >= 4 is 17.7 Å². The summed E-state index contributed by atoms with van der Waals surface area (Å²) in [5.74, 6) is 0.313. The van der Waals surface area contributed by atoms with Crippen LogP contribution in [0.1, 0.15) is 39.3 Å². The number of amides is 1. The molecule has 1 atom stereocenters. The lowest BCUT2D eigenvalue weighted by Crippen LogP contribution is -2.43.